The fourth-order valence-electron chi connectivity index (χ4n) is 0.625. The number of carbonyl (C=O) groups excluding carboxylic acids is 8. The summed E-state index contributed by atoms with van der Waals surface area (Å²) in [4.78, 5) is 112. The van der Waals surface area contributed by atoms with Gasteiger partial charge in [0, 0.05) is 237 Å². The van der Waals surface area contributed by atoms with Gasteiger partial charge < -0.3 is 80.0 Å². The minimum absolute atomic E-state index is 0. The van der Waals surface area contributed by atoms with E-state index in [0.29, 0.717) is 0 Å². The van der Waals surface area contributed by atoms with Crippen LogP contribution in [-0.2, 0) is 28.8 Å². The van der Waals surface area contributed by atoms with Crippen molar-refractivity contribution < 1.29 is 193 Å². The van der Waals surface area contributed by atoms with Gasteiger partial charge in [0.05, 0.1) is 0 Å². The molecule has 10 amide bonds. The Morgan fingerprint density at radius 1 is 0.343 bits per heavy atom. The van der Waals surface area contributed by atoms with E-state index in [2.05, 4.69) is 79.6 Å². The average Bonchev–Trinajstić information content (AvgIpc) is 3.27. The third kappa shape index (κ3) is 610. The summed E-state index contributed by atoms with van der Waals surface area (Å²) < 4.78 is 0. The van der Waals surface area contributed by atoms with Crippen LogP contribution in [0, 0.1) is 124 Å². The van der Waals surface area contributed by atoms with Crippen LogP contribution < -0.4 is 64.6 Å². The van der Waals surface area contributed by atoms with Crippen LogP contribution in [0.4, 0.5) is 24.0 Å². The summed E-state index contributed by atoms with van der Waals surface area (Å²) in [5, 5.41) is 45.9. The summed E-state index contributed by atoms with van der Waals surface area (Å²) >= 11 is 0. The van der Waals surface area contributed by atoms with Crippen molar-refractivity contribution in [2.75, 3.05) is 106 Å². The van der Waals surface area contributed by atoms with Crippen LogP contribution >= 0.6 is 39.6 Å². The standard InChI is InChI=1S/5C3H8N2O.3C2H3NO.3C2H4O2.C2H6.2CH5N.2CH4.4H3P.4U/c5*1-4-3(6)5-2;3*1-3-2-4;3*1-2(3)4;3*1-2;;;;;;;;;;/h5*1-2H3,(H2,4,5,6);3*1H3;3*1H3,(H,3,4);1-2H3;2*2H2,1H3;2*1H4;4*1H3;;;;. The fraction of sp³-hybridized carbons (Fsp3) is 0.667. The number of hydrogen-bond donors (Lipinski definition) is 15. The molecule has 0 heterocycles. The Labute approximate surface area is 527 Å². The van der Waals surface area contributed by atoms with Crippen molar-refractivity contribution in [3.05, 3.63) is 0 Å². The van der Waals surface area contributed by atoms with Gasteiger partial charge >= 0.3 is 30.2 Å². The predicted octanol–water partition coefficient (Wildman–Crippen LogP) is -0.465. The van der Waals surface area contributed by atoms with Crippen molar-refractivity contribution in [1.82, 2.24) is 53.2 Å². The number of carboxylic acid groups (broad SMARTS) is 3. The quantitative estimate of drug-likeness (QED) is 0.0829. The van der Waals surface area contributed by atoms with E-state index in [-0.39, 0.29) is 209 Å². The van der Waals surface area contributed by atoms with Crippen molar-refractivity contribution in [3.63, 3.8) is 0 Å². The van der Waals surface area contributed by atoms with Gasteiger partial charge in [0.25, 0.3) is 17.9 Å². The first kappa shape index (κ1) is 158. The topological polar surface area (TPSA) is 458 Å². The normalized spacial score (nSPS) is 5.06. The molecule has 4 unspecified atom stereocenters. The van der Waals surface area contributed by atoms with Gasteiger partial charge in [0.15, 0.2) is 0 Å². The van der Waals surface area contributed by atoms with E-state index in [1.165, 1.54) is 53.5 Å². The van der Waals surface area contributed by atoms with Gasteiger partial charge in [-0.15, -0.1) is 0 Å². The number of nitrogens with zero attached hydrogens (tertiary/aromatic N) is 3. The third-order valence-electron chi connectivity index (χ3n) is 2.54. The predicted molar refractivity (Wildman–Crippen MR) is 289 cm³/mol. The van der Waals surface area contributed by atoms with Crippen molar-refractivity contribution in [2.24, 2.45) is 26.4 Å². The van der Waals surface area contributed by atoms with Crippen LogP contribution in [0.15, 0.2) is 15.0 Å². The number of isocyanates is 3. The molecule has 424 valence electrons. The number of nitrogens with one attached hydrogen (secondary N) is 10. The van der Waals surface area contributed by atoms with Gasteiger partial charge in [-0.1, -0.05) is 28.7 Å². The van der Waals surface area contributed by atoms with Gasteiger partial charge in [-0.25, -0.2) is 53.3 Å². The molecule has 0 aromatic carbocycles. The second kappa shape index (κ2) is 201. The van der Waals surface area contributed by atoms with E-state index in [9.17, 15) is 24.0 Å². The molecule has 0 aromatic rings. The van der Waals surface area contributed by atoms with Gasteiger partial charge in [-0.3, -0.25) is 14.4 Å². The summed E-state index contributed by atoms with van der Waals surface area (Å²) in [5.74, 6) is -2.50. The van der Waals surface area contributed by atoms with Gasteiger partial charge in [0.1, 0.15) is 0 Å². The fourth-order valence-corrected chi connectivity index (χ4v) is 0.625. The monoisotopic (exact) mass is 2000 g/mol. The molecule has 17 N–H and O–H groups in total. The number of aliphatic imine (C=N–C) groups is 3. The second-order valence-electron chi connectivity index (χ2n) is 6.65. The molecule has 0 fully saturated rings. The molecule has 0 aliphatic rings. The molecule has 0 rings (SSSR count). The Morgan fingerprint density at radius 3 is 0.386 bits per heavy atom. The maximum Gasteiger partial charge on any atom is 0.314 e. The molecule has 0 aliphatic carbocycles. The molecule has 29 nitrogen and oxygen atoms in total. The Morgan fingerprint density at radius 2 is 0.386 bits per heavy atom. The van der Waals surface area contributed by atoms with E-state index in [4.69, 9.17) is 44.1 Å². The summed E-state index contributed by atoms with van der Waals surface area (Å²) in [6.07, 6.45) is 3.92. The Balaban J connectivity index is -0.0000000148. The van der Waals surface area contributed by atoms with Crippen molar-refractivity contribution >= 4 is 106 Å². The molecule has 0 aliphatic heterocycles. The maximum atomic E-state index is 9.96. The molecular weight excluding hydrogens is 1910 g/mol. The number of aliphatic carboxylic acids is 3. The molecule has 0 aromatic heterocycles. The Kier molecular flexibility index (Phi) is 453. The molecule has 0 bridgehead atoms. The summed E-state index contributed by atoms with van der Waals surface area (Å²) in [6.45, 7) is 7.25. The molecular formula is C33H97N15O14P4U4. The van der Waals surface area contributed by atoms with E-state index < -0.39 is 17.9 Å². The van der Waals surface area contributed by atoms with E-state index in [0.717, 1.165) is 20.8 Å². The minimum atomic E-state index is -0.833. The number of rotatable bonds is 0. The smallest absolute Gasteiger partial charge is 0.314 e. The zero-order valence-electron chi connectivity index (χ0n) is 43.7. The van der Waals surface area contributed by atoms with Crippen molar-refractivity contribution in [3.8, 4) is 0 Å². The summed E-state index contributed by atoms with van der Waals surface area (Å²) in [6, 6.07) is -0.787. The average molecular weight is 2000 g/mol. The Bertz CT molecular complexity index is 914. The molecule has 37 heteroatoms. The van der Waals surface area contributed by atoms with Crippen LogP contribution in [0.2, 0.25) is 0 Å². The first-order valence-electron chi connectivity index (χ1n) is 16.1. The molecule has 70 heavy (non-hydrogen) atoms. The number of carboxylic acids is 3. The number of amides is 10. The number of carbonyl (C=O) groups is 8. The molecule has 4 atom stereocenters. The van der Waals surface area contributed by atoms with E-state index >= 15 is 0 Å². The van der Waals surface area contributed by atoms with Crippen LogP contribution in [0.25, 0.3) is 0 Å². The summed E-state index contributed by atoms with van der Waals surface area (Å²) in [5.41, 5.74) is 9.00. The van der Waals surface area contributed by atoms with Gasteiger partial charge in [-0.05, 0) is 14.1 Å². The third-order valence-corrected chi connectivity index (χ3v) is 2.54. The maximum absolute atomic E-state index is 9.96. The first-order chi connectivity index (χ1) is 28.0. The van der Waals surface area contributed by atoms with E-state index in [1.807, 2.05) is 13.8 Å². The molecule has 0 saturated carbocycles. The molecule has 0 spiro atoms. The van der Waals surface area contributed by atoms with Crippen LogP contribution in [0.5, 0.6) is 0 Å². The first-order valence-corrected chi connectivity index (χ1v) is 16.1. The van der Waals surface area contributed by atoms with Crippen LogP contribution in [0.1, 0.15) is 49.5 Å². The largest absolute Gasteiger partial charge is 0.481 e. The minimum Gasteiger partial charge on any atom is -0.481 e. The van der Waals surface area contributed by atoms with E-state index in [1.54, 1.807) is 70.5 Å². The SMILES string of the molecule is C.C.CC.CC(=O)O.CC(=O)O.CC(=O)O.CN.CN.CN=C=O.CN=C=O.CN=C=O.CNC(=O)NC.CNC(=O)NC.CNC(=O)NC.CNC(=O)NC.CNC(=O)NC.P.P.P.P.[U].[U].[U].[U]. The second-order valence-corrected chi connectivity index (χ2v) is 6.65. The Hall–Kier alpha value is -1.25. The molecule has 0 radical (unpaired) electrons. The van der Waals surface area contributed by atoms with Crippen LogP contribution in [0.3, 0.4) is 0 Å². The summed E-state index contributed by atoms with van der Waals surface area (Å²) in [7, 11) is 22.8. The van der Waals surface area contributed by atoms with Gasteiger partial charge in [0.2, 0.25) is 18.2 Å². The number of hydrogen-bond acceptors (Lipinski definition) is 16. The van der Waals surface area contributed by atoms with Crippen LogP contribution in [-0.4, -0.2) is 187 Å². The van der Waals surface area contributed by atoms with Crippen molar-refractivity contribution in [2.45, 2.75) is 49.5 Å². The number of nitrogens with two attached hydrogens (primary N) is 2. The molecule has 0 saturated heterocycles. The van der Waals surface area contributed by atoms with Gasteiger partial charge in [-0.2, -0.15) is 39.6 Å². The zero-order valence-corrected chi connectivity index (χ0v) is 66.0. The zero-order chi connectivity index (χ0) is 51.9. The number of urea groups is 5. The van der Waals surface area contributed by atoms with Crippen molar-refractivity contribution in [1.29, 1.82) is 0 Å².